The molecular formula is C19H24N2O2. The molecule has 122 valence electrons. The smallest absolute Gasteiger partial charge is 0.255 e. The molecule has 23 heavy (non-hydrogen) atoms. The van der Waals surface area contributed by atoms with Crippen LogP contribution in [0, 0.1) is 0 Å². The molecule has 1 amide bonds. The third-order valence-corrected chi connectivity index (χ3v) is 4.11. The molecule has 1 aliphatic carbocycles. The van der Waals surface area contributed by atoms with Gasteiger partial charge < -0.3 is 10.4 Å². The lowest BCUT2D eigenvalue weighted by atomic mass is 9.97. The minimum atomic E-state index is -0.249. The molecule has 4 nitrogen and oxygen atoms in total. The molecule has 1 aromatic carbocycles. The molecule has 0 spiro atoms. The van der Waals surface area contributed by atoms with Gasteiger partial charge in [0, 0.05) is 18.1 Å². The summed E-state index contributed by atoms with van der Waals surface area (Å²) in [7, 11) is 0. The third kappa shape index (κ3) is 3.89. The number of fused-ring (bicyclic) bond motifs is 1. The summed E-state index contributed by atoms with van der Waals surface area (Å²) in [6.07, 6.45) is 9.59. The van der Waals surface area contributed by atoms with E-state index in [-0.39, 0.29) is 24.6 Å². The van der Waals surface area contributed by atoms with Crippen LogP contribution in [0.25, 0.3) is 10.9 Å². The molecule has 4 heteroatoms. The fraction of sp³-hybridized carbons (Fsp3) is 0.368. The highest BCUT2D eigenvalue weighted by molar-refractivity contribution is 6.02. The highest BCUT2D eigenvalue weighted by Crippen LogP contribution is 2.26. The van der Waals surface area contributed by atoms with Gasteiger partial charge in [-0.2, -0.15) is 0 Å². The normalized spacial score (nSPS) is 14.0. The number of pyridine rings is 1. The molecule has 2 N–H and O–H groups in total. The zero-order chi connectivity index (χ0) is 15.4. The van der Waals surface area contributed by atoms with Gasteiger partial charge >= 0.3 is 0 Å². The molecule has 0 saturated heterocycles. The number of carbonyl (C=O) groups excluding carboxylic acids is 1. The van der Waals surface area contributed by atoms with Crippen molar-refractivity contribution in [2.24, 2.45) is 0 Å². The predicted molar refractivity (Wildman–Crippen MR) is 93.6 cm³/mol. The maximum atomic E-state index is 12.2. The van der Waals surface area contributed by atoms with Crippen molar-refractivity contribution in [1.29, 1.82) is 0 Å². The van der Waals surface area contributed by atoms with Crippen molar-refractivity contribution in [2.45, 2.75) is 39.5 Å². The molecule has 0 radical (unpaired) electrons. The van der Waals surface area contributed by atoms with Crippen molar-refractivity contribution in [3.05, 3.63) is 47.7 Å². The van der Waals surface area contributed by atoms with E-state index in [9.17, 15) is 9.90 Å². The minimum Gasteiger partial charge on any atom is -0.505 e. The van der Waals surface area contributed by atoms with Crippen molar-refractivity contribution < 1.29 is 9.90 Å². The zero-order valence-electron chi connectivity index (χ0n) is 12.5. The Labute approximate surface area is 137 Å². The van der Waals surface area contributed by atoms with E-state index >= 15 is 0 Å². The van der Waals surface area contributed by atoms with E-state index in [2.05, 4.69) is 16.4 Å². The molecule has 0 atom stereocenters. The Kier molecular flexibility index (Phi) is 5.74. The predicted octanol–water partition coefficient (Wildman–Crippen LogP) is 4.20. The molecule has 1 aliphatic rings. The number of phenols is 1. The van der Waals surface area contributed by atoms with E-state index in [0.717, 1.165) is 24.6 Å². The number of hydrogen-bond acceptors (Lipinski definition) is 3. The number of amides is 1. The van der Waals surface area contributed by atoms with Crippen LogP contribution in [0.4, 0.5) is 0 Å². The summed E-state index contributed by atoms with van der Waals surface area (Å²) in [6, 6.07) is 7.12. The molecule has 3 rings (SSSR count). The van der Waals surface area contributed by atoms with E-state index in [1.807, 2.05) is 6.07 Å². The number of carbonyl (C=O) groups is 1. The number of hydrogen-bond donors (Lipinski definition) is 2. The quantitative estimate of drug-likeness (QED) is 0.832. The van der Waals surface area contributed by atoms with E-state index in [1.54, 1.807) is 24.4 Å². The lowest BCUT2D eigenvalue weighted by Crippen LogP contribution is -2.25. The largest absolute Gasteiger partial charge is 0.505 e. The van der Waals surface area contributed by atoms with Crippen LogP contribution >= 0.6 is 0 Å². The van der Waals surface area contributed by atoms with E-state index in [4.69, 9.17) is 0 Å². The first-order valence-corrected chi connectivity index (χ1v) is 7.78. The van der Waals surface area contributed by atoms with Crippen LogP contribution in [0.15, 0.2) is 42.1 Å². The summed E-state index contributed by atoms with van der Waals surface area (Å²) < 4.78 is 0. The summed E-state index contributed by atoms with van der Waals surface area (Å²) in [5.74, 6) is -0.297. The molecule has 0 bridgehead atoms. The summed E-state index contributed by atoms with van der Waals surface area (Å²) in [6.45, 7) is 0.602. The molecule has 0 aliphatic heterocycles. The summed E-state index contributed by atoms with van der Waals surface area (Å²) in [5, 5.41) is 13.9. The van der Waals surface area contributed by atoms with Gasteiger partial charge in [-0.05, 0) is 44.2 Å². The highest BCUT2D eigenvalue weighted by Gasteiger charge is 2.14. The van der Waals surface area contributed by atoms with Gasteiger partial charge in [0.05, 0.1) is 5.56 Å². The second-order valence-electron chi connectivity index (χ2n) is 5.65. The van der Waals surface area contributed by atoms with Gasteiger partial charge in [0.15, 0.2) is 5.75 Å². The van der Waals surface area contributed by atoms with E-state index < -0.39 is 0 Å². The first-order valence-electron chi connectivity index (χ1n) is 7.78. The standard InChI is InChI=1S/C18H20N2O2.CH4/c21-17-15(9-8-14-7-4-11-19-16(14)17)18(22)20-12-10-13-5-2-1-3-6-13;/h4-5,7-9,11,21H,1-3,6,10,12H2,(H,20,22);1H4. The Bertz CT molecular complexity index is 722. The van der Waals surface area contributed by atoms with E-state index in [1.165, 1.54) is 18.4 Å². The number of benzene rings is 1. The van der Waals surface area contributed by atoms with Crippen LogP contribution < -0.4 is 5.32 Å². The van der Waals surface area contributed by atoms with Crippen LogP contribution in [0.2, 0.25) is 0 Å². The summed E-state index contributed by atoms with van der Waals surface area (Å²) >= 11 is 0. The van der Waals surface area contributed by atoms with Crippen LogP contribution in [0.3, 0.4) is 0 Å². The van der Waals surface area contributed by atoms with Gasteiger partial charge in [-0.3, -0.25) is 9.78 Å². The fourth-order valence-electron chi connectivity index (χ4n) is 2.88. The van der Waals surface area contributed by atoms with Crippen LogP contribution in [-0.2, 0) is 0 Å². The van der Waals surface area contributed by atoms with Gasteiger partial charge in [0.2, 0.25) is 0 Å². The molecule has 0 unspecified atom stereocenters. The second kappa shape index (κ2) is 7.77. The Balaban J connectivity index is 0.00000192. The average molecular weight is 312 g/mol. The van der Waals surface area contributed by atoms with Gasteiger partial charge in [0.25, 0.3) is 5.91 Å². The van der Waals surface area contributed by atoms with Crippen molar-refractivity contribution in [3.8, 4) is 5.75 Å². The third-order valence-electron chi connectivity index (χ3n) is 4.11. The Morgan fingerprint density at radius 2 is 2.13 bits per heavy atom. The van der Waals surface area contributed by atoms with Crippen molar-refractivity contribution in [2.75, 3.05) is 6.54 Å². The molecule has 1 aromatic heterocycles. The Hall–Kier alpha value is -2.36. The monoisotopic (exact) mass is 312 g/mol. The van der Waals surface area contributed by atoms with Gasteiger partial charge in [0.1, 0.15) is 5.52 Å². The van der Waals surface area contributed by atoms with E-state index in [0.29, 0.717) is 12.1 Å². The maximum absolute atomic E-state index is 12.2. The van der Waals surface area contributed by atoms with Gasteiger partial charge in [-0.1, -0.05) is 31.2 Å². The van der Waals surface area contributed by atoms with Gasteiger partial charge in [-0.15, -0.1) is 0 Å². The molecule has 2 aromatic rings. The second-order valence-corrected chi connectivity index (χ2v) is 5.65. The Morgan fingerprint density at radius 1 is 1.26 bits per heavy atom. The average Bonchev–Trinajstić information content (AvgIpc) is 2.56. The SMILES string of the molecule is C.O=C(NCCC1=CCCCC1)c1ccc2cccnc2c1O. The van der Waals surface area contributed by atoms with Crippen molar-refractivity contribution in [3.63, 3.8) is 0 Å². The minimum absolute atomic E-state index is 0. The highest BCUT2D eigenvalue weighted by atomic mass is 16.3. The maximum Gasteiger partial charge on any atom is 0.255 e. The van der Waals surface area contributed by atoms with Crippen LogP contribution in [0.1, 0.15) is 49.9 Å². The molecule has 1 heterocycles. The number of aromatic nitrogens is 1. The van der Waals surface area contributed by atoms with Crippen LogP contribution in [-0.4, -0.2) is 22.5 Å². The van der Waals surface area contributed by atoms with Crippen molar-refractivity contribution in [1.82, 2.24) is 10.3 Å². The van der Waals surface area contributed by atoms with Crippen LogP contribution in [0.5, 0.6) is 5.75 Å². The lowest BCUT2D eigenvalue weighted by molar-refractivity contribution is 0.0951. The summed E-state index contributed by atoms with van der Waals surface area (Å²) in [4.78, 5) is 16.4. The lowest BCUT2D eigenvalue weighted by Gasteiger charge is -2.13. The Morgan fingerprint density at radius 3 is 2.91 bits per heavy atom. The number of nitrogens with one attached hydrogen (secondary N) is 1. The topological polar surface area (TPSA) is 62.2 Å². The molecular weight excluding hydrogens is 288 g/mol. The number of nitrogens with zero attached hydrogens (tertiary/aromatic N) is 1. The molecule has 0 fully saturated rings. The summed E-state index contributed by atoms with van der Waals surface area (Å²) in [5.41, 5.74) is 2.17. The fourth-order valence-corrected chi connectivity index (χ4v) is 2.88. The van der Waals surface area contributed by atoms with Gasteiger partial charge in [-0.25, -0.2) is 0 Å². The zero-order valence-corrected chi connectivity index (χ0v) is 12.5. The number of allylic oxidation sites excluding steroid dienone is 1. The first kappa shape index (κ1) is 17.0. The number of aromatic hydroxyl groups is 1. The number of phenolic OH excluding ortho intramolecular Hbond substituents is 1. The molecule has 0 saturated carbocycles. The first-order chi connectivity index (χ1) is 10.8. The number of rotatable bonds is 4. The van der Waals surface area contributed by atoms with Crippen molar-refractivity contribution >= 4 is 16.8 Å².